The van der Waals surface area contributed by atoms with E-state index < -0.39 is 10.2 Å². The number of hydrogen-bond acceptors (Lipinski definition) is 6. The number of nitrogens with zero attached hydrogens (tertiary/aromatic N) is 3. The SMILES string of the molecule is Cc1cc([N+](=O)[O-])ccc1NC(=O)C(C)Sc1nc(-c2ccccc2)cc(-c2ccccc2)c1C#N. The summed E-state index contributed by atoms with van der Waals surface area (Å²) in [4.78, 5) is 28.3. The minimum atomic E-state index is -0.589. The zero-order valence-corrected chi connectivity index (χ0v) is 20.5. The highest BCUT2D eigenvalue weighted by Crippen LogP contribution is 2.36. The fourth-order valence-corrected chi connectivity index (χ4v) is 4.60. The average Bonchev–Trinajstić information content (AvgIpc) is 2.90. The van der Waals surface area contributed by atoms with Gasteiger partial charge in [0.15, 0.2) is 0 Å². The summed E-state index contributed by atoms with van der Waals surface area (Å²) < 4.78 is 0. The molecular formula is C28H22N4O3S. The minimum absolute atomic E-state index is 0.0399. The number of thioether (sulfide) groups is 1. The van der Waals surface area contributed by atoms with Crippen molar-refractivity contribution in [3.8, 4) is 28.5 Å². The predicted molar refractivity (Wildman–Crippen MR) is 142 cm³/mol. The van der Waals surface area contributed by atoms with Crippen LogP contribution < -0.4 is 5.32 Å². The van der Waals surface area contributed by atoms with Crippen LogP contribution in [0.25, 0.3) is 22.4 Å². The fraction of sp³-hybridized carbons (Fsp3) is 0.107. The van der Waals surface area contributed by atoms with E-state index in [1.54, 1.807) is 13.8 Å². The maximum absolute atomic E-state index is 13.0. The first-order chi connectivity index (χ1) is 17.4. The van der Waals surface area contributed by atoms with Gasteiger partial charge in [-0.2, -0.15) is 5.26 Å². The highest BCUT2D eigenvalue weighted by atomic mass is 32.2. The molecule has 1 amide bonds. The lowest BCUT2D eigenvalue weighted by molar-refractivity contribution is -0.384. The summed E-state index contributed by atoms with van der Waals surface area (Å²) in [6.07, 6.45) is 0. The number of carbonyl (C=O) groups is 1. The third-order valence-electron chi connectivity index (χ3n) is 5.59. The molecule has 0 spiro atoms. The Hall–Kier alpha value is -4.48. The van der Waals surface area contributed by atoms with E-state index >= 15 is 0 Å². The van der Waals surface area contributed by atoms with Crippen LogP contribution in [0.15, 0.2) is 90.0 Å². The number of rotatable bonds is 7. The van der Waals surface area contributed by atoms with Crippen molar-refractivity contribution >= 4 is 29.0 Å². The van der Waals surface area contributed by atoms with E-state index in [0.29, 0.717) is 27.5 Å². The molecule has 0 radical (unpaired) electrons. The number of anilines is 1. The second kappa shape index (κ2) is 10.8. The lowest BCUT2D eigenvalue weighted by Gasteiger charge is -2.16. The molecule has 1 heterocycles. The summed E-state index contributed by atoms with van der Waals surface area (Å²) in [5, 5.41) is 23.8. The van der Waals surface area contributed by atoms with Crippen molar-refractivity contribution in [2.24, 2.45) is 0 Å². The number of nitro benzene ring substituents is 1. The lowest BCUT2D eigenvalue weighted by Crippen LogP contribution is -2.23. The molecule has 4 rings (SSSR count). The number of nitrogens with one attached hydrogen (secondary N) is 1. The minimum Gasteiger partial charge on any atom is -0.325 e. The van der Waals surface area contributed by atoms with Crippen LogP contribution in [0.2, 0.25) is 0 Å². The van der Waals surface area contributed by atoms with E-state index in [1.807, 2.05) is 66.7 Å². The van der Waals surface area contributed by atoms with Crippen molar-refractivity contribution in [3.63, 3.8) is 0 Å². The van der Waals surface area contributed by atoms with Crippen LogP contribution >= 0.6 is 11.8 Å². The average molecular weight is 495 g/mol. The quantitative estimate of drug-likeness (QED) is 0.176. The molecule has 8 heteroatoms. The van der Waals surface area contributed by atoms with Gasteiger partial charge in [0, 0.05) is 28.9 Å². The smallest absolute Gasteiger partial charge is 0.269 e. The van der Waals surface area contributed by atoms with Gasteiger partial charge in [-0.25, -0.2) is 4.98 Å². The monoisotopic (exact) mass is 494 g/mol. The third kappa shape index (κ3) is 5.43. The summed E-state index contributed by atoms with van der Waals surface area (Å²) in [7, 11) is 0. The van der Waals surface area contributed by atoms with Gasteiger partial charge in [0.1, 0.15) is 11.1 Å². The maximum Gasteiger partial charge on any atom is 0.269 e. The highest BCUT2D eigenvalue weighted by molar-refractivity contribution is 8.00. The van der Waals surface area contributed by atoms with E-state index in [9.17, 15) is 20.2 Å². The summed E-state index contributed by atoms with van der Waals surface area (Å²) in [6.45, 7) is 3.44. The summed E-state index contributed by atoms with van der Waals surface area (Å²) in [5.41, 5.74) is 4.67. The van der Waals surface area contributed by atoms with Crippen LogP contribution in [0.1, 0.15) is 18.1 Å². The number of aromatic nitrogens is 1. The van der Waals surface area contributed by atoms with Crippen molar-refractivity contribution < 1.29 is 9.72 Å². The Morgan fingerprint density at radius 3 is 2.25 bits per heavy atom. The number of benzene rings is 3. The first-order valence-electron chi connectivity index (χ1n) is 11.2. The number of pyridine rings is 1. The van der Waals surface area contributed by atoms with E-state index in [-0.39, 0.29) is 11.6 Å². The first-order valence-corrected chi connectivity index (χ1v) is 12.0. The molecular weight excluding hydrogens is 472 g/mol. The lowest BCUT2D eigenvalue weighted by atomic mass is 9.99. The van der Waals surface area contributed by atoms with Gasteiger partial charge < -0.3 is 5.32 Å². The molecule has 178 valence electrons. The molecule has 0 bridgehead atoms. The van der Waals surface area contributed by atoms with Crippen LogP contribution in [0.5, 0.6) is 0 Å². The van der Waals surface area contributed by atoms with Gasteiger partial charge in [-0.05, 0) is 37.1 Å². The number of hydrogen-bond donors (Lipinski definition) is 1. The largest absolute Gasteiger partial charge is 0.325 e. The normalized spacial score (nSPS) is 11.4. The van der Waals surface area contributed by atoms with Crippen LogP contribution in [-0.4, -0.2) is 21.1 Å². The van der Waals surface area contributed by atoms with Gasteiger partial charge in [0.25, 0.3) is 5.69 Å². The Morgan fingerprint density at radius 2 is 1.67 bits per heavy atom. The van der Waals surface area contributed by atoms with E-state index in [4.69, 9.17) is 4.98 Å². The Labute approximate surface area is 213 Å². The molecule has 1 unspecified atom stereocenters. The number of carbonyl (C=O) groups excluding carboxylic acids is 1. The number of aryl methyl sites for hydroxylation is 1. The molecule has 1 N–H and O–H groups in total. The molecule has 0 saturated carbocycles. The van der Waals surface area contributed by atoms with Crippen molar-refractivity contribution in [2.75, 3.05) is 5.32 Å². The summed E-state index contributed by atoms with van der Waals surface area (Å²) in [6, 6.07) is 27.8. The molecule has 3 aromatic carbocycles. The number of nitro groups is 1. The van der Waals surface area contributed by atoms with Gasteiger partial charge in [-0.1, -0.05) is 72.4 Å². The van der Waals surface area contributed by atoms with Crippen molar-refractivity contribution in [1.82, 2.24) is 4.98 Å². The van der Waals surface area contributed by atoms with Crippen molar-refractivity contribution in [1.29, 1.82) is 5.26 Å². The Kier molecular flexibility index (Phi) is 7.42. The van der Waals surface area contributed by atoms with Crippen LogP contribution in [0.4, 0.5) is 11.4 Å². The molecule has 7 nitrogen and oxygen atoms in total. The van der Waals surface area contributed by atoms with Crippen LogP contribution in [0.3, 0.4) is 0 Å². The molecule has 1 atom stereocenters. The maximum atomic E-state index is 13.0. The molecule has 0 saturated heterocycles. The topological polar surface area (TPSA) is 109 Å². The Bertz CT molecular complexity index is 1470. The van der Waals surface area contributed by atoms with E-state index in [2.05, 4.69) is 11.4 Å². The van der Waals surface area contributed by atoms with Crippen molar-refractivity contribution in [2.45, 2.75) is 24.1 Å². The van der Waals surface area contributed by atoms with Gasteiger partial charge >= 0.3 is 0 Å². The molecule has 0 fully saturated rings. The molecule has 36 heavy (non-hydrogen) atoms. The molecule has 0 aliphatic heterocycles. The number of non-ortho nitro benzene ring substituents is 1. The first kappa shape index (κ1) is 24.6. The van der Waals surface area contributed by atoms with Crippen molar-refractivity contribution in [3.05, 3.63) is 106 Å². The Morgan fingerprint density at radius 1 is 1.03 bits per heavy atom. The molecule has 0 aliphatic carbocycles. The zero-order valence-electron chi connectivity index (χ0n) is 19.6. The van der Waals surface area contributed by atoms with Gasteiger partial charge in [-0.3, -0.25) is 14.9 Å². The predicted octanol–water partition coefficient (Wildman–Crippen LogP) is 6.62. The van der Waals surface area contributed by atoms with E-state index in [1.165, 1.54) is 30.0 Å². The Balaban J connectivity index is 1.68. The number of nitriles is 1. The third-order valence-corrected chi connectivity index (χ3v) is 6.68. The number of amides is 1. The second-order valence-corrected chi connectivity index (χ2v) is 9.41. The summed E-state index contributed by atoms with van der Waals surface area (Å²) in [5.74, 6) is -0.297. The second-order valence-electron chi connectivity index (χ2n) is 8.08. The van der Waals surface area contributed by atoms with Gasteiger partial charge in [0.05, 0.1) is 21.4 Å². The van der Waals surface area contributed by atoms with Crippen LogP contribution in [0, 0.1) is 28.4 Å². The molecule has 1 aromatic heterocycles. The summed E-state index contributed by atoms with van der Waals surface area (Å²) >= 11 is 1.20. The van der Waals surface area contributed by atoms with Gasteiger partial charge in [-0.15, -0.1) is 0 Å². The van der Waals surface area contributed by atoms with E-state index in [0.717, 1.165) is 16.7 Å². The molecule has 4 aromatic rings. The standard InChI is InChI=1S/C28H22N4O3S/c1-18-15-22(32(34)35)13-14-25(18)30-27(33)19(2)36-28-24(17-29)23(20-9-5-3-6-10-20)16-26(31-28)21-11-7-4-8-12-21/h3-16,19H,1-2H3,(H,30,33). The highest BCUT2D eigenvalue weighted by Gasteiger charge is 2.22. The van der Waals surface area contributed by atoms with Crippen LogP contribution in [-0.2, 0) is 4.79 Å². The van der Waals surface area contributed by atoms with Gasteiger partial charge in [0.2, 0.25) is 5.91 Å². The molecule has 0 aliphatic rings. The zero-order chi connectivity index (χ0) is 25.7. The fourth-order valence-electron chi connectivity index (χ4n) is 3.67.